The van der Waals surface area contributed by atoms with Crippen LogP contribution in [0.25, 0.3) is 0 Å². The SMILES string of the molecule is C=CC(CCCO)CCOCc1ccccc1. The number of allylic oxidation sites excluding steroid dienone is 1. The van der Waals surface area contributed by atoms with Gasteiger partial charge in [0.1, 0.15) is 0 Å². The number of ether oxygens (including phenoxy) is 1. The lowest BCUT2D eigenvalue weighted by Crippen LogP contribution is -2.04. The molecule has 0 fully saturated rings. The molecule has 0 bridgehead atoms. The smallest absolute Gasteiger partial charge is 0.0716 e. The minimum absolute atomic E-state index is 0.259. The zero-order valence-electron chi connectivity index (χ0n) is 10.3. The van der Waals surface area contributed by atoms with Crippen LogP contribution >= 0.6 is 0 Å². The highest BCUT2D eigenvalue weighted by atomic mass is 16.5. The van der Waals surface area contributed by atoms with E-state index in [9.17, 15) is 0 Å². The van der Waals surface area contributed by atoms with Crippen molar-refractivity contribution in [3.63, 3.8) is 0 Å². The molecule has 2 heteroatoms. The Morgan fingerprint density at radius 3 is 2.65 bits per heavy atom. The first-order valence-corrected chi connectivity index (χ1v) is 6.22. The number of aliphatic hydroxyl groups is 1. The molecule has 17 heavy (non-hydrogen) atoms. The first-order valence-electron chi connectivity index (χ1n) is 6.22. The molecule has 94 valence electrons. The maximum absolute atomic E-state index is 8.77. The van der Waals surface area contributed by atoms with Gasteiger partial charge in [0.05, 0.1) is 6.61 Å². The molecular formula is C15H22O2. The fourth-order valence-electron chi connectivity index (χ4n) is 1.73. The minimum atomic E-state index is 0.259. The first-order chi connectivity index (χ1) is 8.36. The third-order valence-electron chi connectivity index (χ3n) is 2.81. The summed E-state index contributed by atoms with van der Waals surface area (Å²) in [5, 5.41) is 8.77. The zero-order chi connectivity index (χ0) is 12.3. The monoisotopic (exact) mass is 234 g/mol. The molecule has 0 saturated heterocycles. The zero-order valence-corrected chi connectivity index (χ0v) is 10.3. The van der Waals surface area contributed by atoms with Crippen molar-refractivity contribution in [2.75, 3.05) is 13.2 Å². The van der Waals surface area contributed by atoms with E-state index in [2.05, 4.69) is 18.7 Å². The summed E-state index contributed by atoms with van der Waals surface area (Å²) in [6.07, 6.45) is 4.78. The van der Waals surface area contributed by atoms with Crippen molar-refractivity contribution in [2.45, 2.75) is 25.9 Å². The maximum Gasteiger partial charge on any atom is 0.0716 e. The van der Waals surface area contributed by atoms with Crippen molar-refractivity contribution in [1.29, 1.82) is 0 Å². The predicted molar refractivity (Wildman–Crippen MR) is 70.7 cm³/mol. The minimum Gasteiger partial charge on any atom is -0.396 e. The predicted octanol–water partition coefficient (Wildman–Crippen LogP) is 3.17. The molecule has 2 nitrogen and oxygen atoms in total. The van der Waals surface area contributed by atoms with Crippen LogP contribution in [0.2, 0.25) is 0 Å². The average molecular weight is 234 g/mol. The van der Waals surface area contributed by atoms with E-state index >= 15 is 0 Å². The highest BCUT2D eigenvalue weighted by Crippen LogP contribution is 2.12. The number of benzene rings is 1. The average Bonchev–Trinajstić information content (AvgIpc) is 2.39. The fraction of sp³-hybridized carbons (Fsp3) is 0.467. The van der Waals surface area contributed by atoms with Gasteiger partial charge in [-0.25, -0.2) is 0 Å². The first kappa shape index (κ1) is 13.9. The molecule has 0 saturated carbocycles. The van der Waals surface area contributed by atoms with Crippen LogP contribution in [-0.4, -0.2) is 18.3 Å². The molecule has 1 atom stereocenters. The summed E-state index contributed by atoms with van der Waals surface area (Å²) in [6, 6.07) is 10.2. The quantitative estimate of drug-likeness (QED) is 0.525. The summed E-state index contributed by atoms with van der Waals surface area (Å²) in [6.45, 7) is 5.49. The van der Waals surface area contributed by atoms with Crippen LogP contribution in [0.4, 0.5) is 0 Å². The normalized spacial score (nSPS) is 12.3. The van der Waals surface area contributed by atoms with Crippen LogP contribution in [0.5, 0.6) is 0 Å². The van der Waals surface area contributed by atoms with Crippen molar-refractivity contribution >= 4 is 0 Å². The summed E-state index contributed by atoms with van der Waals surface area (Å²) in [5.41, 5.74) is 1.21. The Labute approximate surface area is 104 Å². The van der Waals surface area contributed by atoms with Gasteiger partial charge < -0.3 is 9.84 Å². The third-order valence-corrected chi connectivity index (χ3v) is 2.81. The molecule has 0 amide bonds. The van der Waals surface area contributed by atoms with E-state index in [0.29, 0.717) is 12.5 Å². The second-order valence-corrected chi connectivity index (χ2v) is 4.19. The Hall–Kier alpha value is -1.12. The molecule has 1 aromatic carbocycles. The Balaban J connectivity index is 2.12. The van der Waals surface area contributed by atoms with Crippen LogP contribution in [0.15, 0.2) is 43.0 Å². The van der Waals surface area contributed by atoms with Gasteiger partial charge in [-0.15, -0.1) is 6.58 Å². The van der Waals surface area contributed by atoms with Crippen molar-refractivity contribution in [3.8, 4) is 0 Å². The number of rotatable bonds is 9. The Morgan fingerprint density at radius 2 is 2.00 bits per heavy atom. The van der Waals surface area contributed by atoms with E-state index in [-0.39, 0.29) is 6.61 Å². The highest BCUT2D eigenvalue weighted by Gasteiger charge is 2.03. The summed E-state index contributed by atoms with van der Waals surface area (Å²) < 4.78 is 5.62. The van der Waals surface area contributed by atoms with Gasteiger partial charge in [0, 0.05) is 13.2 Å². The van der Waals surface area contributed by atoms with Gasteiger partial charge in [0.2, 0.25) is 0 Å². The van der Waals surface area contributed by atoms with E-state index in [1.54, 1.807) is 0 Å². The van der Waals surface area contributed by atoms with Gasteiger partial charge in [-0.1, -0.05) is 36.4 Å². The van der Waals surface area contributed by atoms with Crippen molar-refractivity contribution in [2.24, 2.45) is 5.92 Å². The van der Waals surface area contributed by atoms with Gasteiger partial charge in [-0.3, -0.25) is 0 Å². The molecule has 1 rings (SSSR count). The Morgan fingerprint density at radius 1 is 1.24 bits per heavy atom. The second kappa shape index (κ2) is 8.97. The molecule has 1 N–H and O–H groups in total. The van der Waals surface area contributed by atoms with Crippen molar-refractivity contribution in [1.82, 2.24) is 0 Å². The summed E-state index contributed by atoms with van der Waals surface area (Å²) in [4.78, 5) is 0. The lowest BCUT2D eigenvalue weighted by atomic mass is 10.0. The van der Waals surface area contributed by atoms with Gasteiger partial charge in [0.25, 0.3) is 0 Å². The highest BCUT2D eigenvalue weighted by molar-refractivity contribution is 5.13. The van der Waals surface area contributed by atoms with Gasteiger partial charge in [-0.05, 0) is 30.7 Å². The van der Waals surface area contributed by atoms with E-state index in [1.807, 2.05) is 24.3 Å². The van der Waals surface area contributed by atoms with Gasteiger partial charge in [0.15, 0.2) is 0 Å². The van der Waals surface area contributed by atoms with E-state index in [1.165, 1.54) is 5.56 Å². The lowest BCUT2D eigenvalue weighted by molar-refractivity contribution is 0.110. The Bertz CT molecular complexity index is 295. The lowest BCUT2D eigenvalue weighted by Gasteiger charge is -2.11. The molecule has 0 aliphatic rings. The molecule has 1 aromatic rings. The number of hydrogen-bond donors (Lipinski definition) is 1. The maximum atomic E-state index is 8.77. The van der Waals surface area contributed by atoms with E-state index < -0.39 is 0 Å². The molecule has 0 aromatic heterocycles. The molecule has 0 heterocycles. The van der Waals surface area contributed by atoms with Crippen LogP contribution in [0.3, 0.4) is 0 Å². The van der Waals surface area contributed by atoms with Gasteiger partial charge >= 0.3 is 0 Å². The second-order valence-electron chi connectivity index (χ2n) is 4.19. The van der Waals surface area contributed by atoms with Crippen molar-refractivity contribution < 1.29 is 9.84 Å². The summed E-state index contributed by atoms with van der Waals surface area (Å²) in [7, 11) is 0. The fourth-order valence-corrected chi connectivity index (χ4v) is 1.73. The van der Waals surface area contributed by atoms with E-state index in [0.717, 1.165) is 25.9 Å². The number of aliphatic hydroxyl groups excluding tert-OH is 1. The van der Waals surface area contributed by atoms with Gasteiger partial charge in [-0.2, -0.15) is 0 Å². The molecular weight excluding hydrogens is 212 g/mol. The topological polar surface area (TPSA) is 29.5 Å². The summed E-state index contributed by atoms with van der Waals surface area (Å²) >= 11 is 0. The molecule has 0 spiro atoms. The number of hydrogen-bond acceptors (Lipinski definition) is 2. The van der Waals surface area contributed by atoms with Crippen LogP contribution < -0.4 is 0 Å². The van der Waals surface area contributed by atoms with Crippen LogP contribution in [0.1, 0.15) is 24.8 Å². The van der Waals surface area contributed by atoms with E-state index in [4.69, 9.17) is 9.84 Å². The molecule has 1 unspecified atom stereocenters. The summed E-state index contributed by atoms with van der Waals surface area (Å²) in [5.74, 6) is 0.456. The molecule has 0 radical (unpaired) electrons. The van der Waals surface area contributed by atoms with Crippen LogP contribution in [-0.2, 0) is 11.3 Å². The largest absolute Gasteiger partial charge is 0.396 e. The standard InChI is InChI=1S/C15H22O2/c1-2-14(9-6-11-16)10-12-17-13-15-7-4-3-5-8-15/h2-5,7-8,14,16H,1,6,9-13H2. The molecule has 0 aliphatic heterocycles. The van der Waals surface area contributed by atoms with Crippen molar-refractivity contribution in [3.05, 3.63) is 48.6 Å². The Kier molecular flexibility index (Phi) is 7.35. The third kappa shape index (κ3) is 6.25. The molecule has 0 aliphatic carbocycles. The van der Waals surface area contributed by atoms with Crippen LogP contribution in [0, 0.1) is 5.92 Å².